The van der Waals surface area contributed by atoms with Gasteiger partial charge in [0, 0.05) is 40.9 Å². The second kappa shape index (κ2) is 14.3. The van der Waals surface area contributed by atoms with E-state index in [1.54, 1.807) is 86.7 Å². The smallest absolute Gasteiger partial charge is 0.414 e. The first kappa shape index (κ1) is 30.3. The lowest BCUT2D eigenvalue weighted by atomic mass is 10.1. The van der Waals surface area contributed by atoms with Gasteiger partial charge in [-0.05, 0) is 69.3 Å². The molecule has 2 amide bonds. The Morgan fingerprint density at radius 3 is 2.14 bits per heavy atom. The molecule has 0 aliphatic rings. The highest BCUT2D eigenvalue weighted by Gasteiger charge is 2.24. The molecule has 0 spiro atoms. The van der Waals surface area contributed by atoms with E-state index < -0.39 is 11.7 Å². The van der Waals surface area contributed by atoms with Gasteiger partial charge in [-0.3, -0.25) is 14.7 Å². The fourth-order valence-corrected chi connectivity index (χ4v) is 4.20. The number of aromatic nitrogens is 2. The Hall–Kier alpha value is -4.63. The minimum atomic E-state index is -0.668. The van der Waals surface area contributed by atoms with Gasteiger partial charge in [0.2, 0.25) is 5.88 Å². The number of hydrogen-bond donors (Lipinski definition) is 0. The summed E-state index contributed by atoms with van der Waals surface area (Å²) in [6.45, 7) is 6.24. The summed E-state index contributed by atoms with van der Waals surface area (Å²) in [7, 11) is 0. The Balaban J connectivity index is 1.47. The summed E-state index contributed by atoms with van der Waals surface area (Å²) in [5, 5.41) is 0.340. The van der Waals surface area contributed by atoms with E-state index >= 15 is 0 Å². The summed E-state index contributed by atoms with van der Waals surface area (Å²) in [5.41, 5.74) is 1.01. The van der Waals surface area contributed by atoms with Gasteiger partial charge in [0.1, 0.15) is 24.6 Å². The Kier molecular flexibility index (Phi) is 10.3. The Morgan fingerprint density at radius 2 is 1.45 bits per heavy atom. The van der Waals surface area contributed by atoms with Crippen LogP contribution >= 0.6 is 11.6 Å². The van der Waals surface area contributed by atoms with Crippen LogP contribution in [0.15, 0.2) is 97.5 Å². The summed E-state index contributed by atoms with van der Waals surface area (Å²) in [4.78, 5) is 38.0. The van der Waals surface area contributed by atoms with E-state index in [2.05, 4.69) is 9.97 Å². The van der Waals surface area contributed by atoms with Crippen molar-refractivity contribution in [1.29, 1.82) is 0 Å². The molecule has 0 fully saturated rings. The maximum Gasteiger partial charge on any atom is 0.414 e. The quantitative estimate of drug-likeness (QED) is 0.193. The maximum atomic E-state index is 13.7. The number of hydrogen-bond acceptors (Lipinski definition) is 7. The van der Waals surface area contributed by atoms with Gasteiger partial charge in [0.05, 0.1) is 18.8 Å². The van der Waals surface area contributed by atoms with Gasteiger partial charge in [-0.15, -0.1) is 0 Å². The number of carbonyl (C=O) groups is 2. The van der Waals surface area contributed by atoms with Gasteiger partial charge in [-0.1, -0.05) is 35.9 Å². The predicted octanol–water partition coefficient (Wildman–Crippen LogP) is 6.68. The molecule has 9 nitrogen and oxygen atoms in total. The predicted molar refractivity (Wildman–Crippen MR) is 163 cm³/mol. The third-order valence-corrected chi connectivity index (χ3v) is 6.02. The molecule has 4 aromatic rings. The Morgan fingerprint density at radius 1 is 0.786 bits per heavy atom. The second-order valence-electron chi connectivity index (χ2n) is 10.2. The first-order valence-electron chi connectivity index (χ1n) is 13.4. The van der Waals surface area contributed by atoms with Crippen molar-refractivity contribution in [2.24, 2.45) is 0 Å². The van der Waals surface area contributed by atoms with E-state index in [0.29, 0.717) is 33.6 Å². The lowest BCUT2D eigenvalue weighted by Crippen LogP contribution is -2.39. The minimum absolute atomic E-state index is 0.121. The molecule has 4 rings (SSSR count). The molecule has 2 heterocycles. The van der Waals surface area contributed by atoms with Crippen LogP contribution < -0.4 is 19.3 Å². The van der Waals surface area contributed by atoms with Gasteiger partial charge >= 0.3 is 6.09 Å². The molecule has 2 aromatic heterocycles. The third-order valence-electron chi connectivity index (χ3n) is 5.81. The number of rotatable bonds is 11. The molecule has 0 saturated carbocycles. The van der Waals surface area contributed by atoms with Gasteiger partial charge < -0.3 is 19.1 Å². The fourth-order valence-electron chi connectivity index (χ4n) is 3.98. The summed E-state index contributed by atoms with van der Waals surface area (Å²) < 4.78 is 17.3. The monoisotopic (exact) mass is 588 g/mol. The normalized spacial score (nSPS) is 11.0. The maximum absolute atomic E-state index is 13.7. The van der Waals surface area contributed by atoms with E-state index in [4.69, 9.17) is 25.8 Å². The molecule has 0 N–H and O–H groups in total. The topological polar surface area (TPSA) is 94.1 Å². The van der Waals surface area contributed by atoms with Crippen LogP contribution in [0.5, 0.6) is 11.6 Å². The number of pyridine rings is 2. The highest BCUT2D eigenvalue weighted by molar-refractivity contribution is 6.31. The summed E-state index contributed by atoms with van der Waals surface area (Å²) >= 11 is 6.41. The molecule has 0 unspecified atom stereocenters. The van der Waals surface area contributed by atoms with Crippen molar-refractivity contribution in [2.75, 3.05) is 36.1 Å². The number of carbonyl (C=O) groups excluding carboxylic acids is 2. The van der Waals surface area contributed by atoms with Gasteiger partial charge in [0.15, 0.2) is 0 Å². The molecule has 42 heavy (non-hydrogen) atoms. The van der Waals surface area contributed by atoms with E-state index in [1.165, 1.54) is 4.90 Å². The van der Waals surface area contributed by atoms with Crippen molar-refractivity contribution in [3.63, 3.8) is 0 Å². The Bertz CT molecular complexity index is 1450. The zero-order chi connectivity index (χ0) is 30.0. The lowest BCUT2D eigenvalue weighted by Gasteiger charge is -2.27. The highest BCUT2D eigenvalue weighted by atomic mass is 35.5. The molecule has 0 aliphatic heterocycles. The van der Waals surface area contributed by atoms with Gasteiger partial charge in [-0.25, -0.2) is 9.78 Å². The van der Waals surface area contributed by atoms with Gasteiger partial charge in [0.25, 0.3) is 5.91 Å². The van der Waals surface area contributed by atoms with E-state index in [-0.39, 0.29) is 32.2 Å². The zero-order valence-electron chi connectivity index (χ0n) is 23.8. The highest BCUT2D eigenvalue weighted by Crippen LogP contribution is 2.25. The van der Waals surface area contributed by atoms with Crippen molar-refractivity contribution >= 4 is 35.0 Å². The van der Waals surface area contributed by atoms with Crippen molar-refractivity contribution < 1.29 is 23.8 Å². The molecule has 0 radical (unpaired) electrons. The van der Waals surface area contributed by atoms with Crippen LogP contribution in [0.3, 0.4) is 0 Å². The molecule has 0 bridgehead atoms. The van der Waals surface area contributed by atoms with E-state index in [0.717, 1.165) is 0 Å². The zero-order valence-corrected chi connectivity index (χ0v) is 24.5. The molecule has 10 heteroatoms. The SMILES string of the molecule is CC(C)(C)OC(=O)N(CCOc1cc(Cl)cc(C(=O)N(CCOc2ccccn2)c2ccccc2)c1)c1ccncc1. The van der Waals surface area contributed by atoms with Crippen molar-refractivity contribution in [3.8, 4) is 11.6 Å². The first-order valence-corrected chi connectivity index (χ1v) is 13.8. The van der Waals surface area contributed by atoms with Crippen molar-refractivity contribution in [3.05, 3.63) is 108 Å². The summed E-state index contributed by atoms with van der Waals surface area (Å²) in [5.74, 6) is 0.594. The molecule has 2 aromatic carbocycles. The molecular weight excluding hydrogens is 556 g/mol. The van der Waals surface area contributed by atoms with Gasteiger partial charge in [-0.2, -0.15) is 0 Å². The van der Waals surface area contributed by atoms with Crippen LogP contribution in [-0.4, -0.2) is 53.9 Å². The molecule has 0 saturated heterocycles. The number of amides is 2. The van der Waals surface area contributed by atoms with Crippen molar-refractivity contribution in [1.82, 2.24) is 9.97 Å². The number of para-hydroxylation sites is 1. The molecule has 0 aliphatic carbocycles. The fraction of sp³-hybridized carbons (Fsp3) is 0.250. The van der Waals surface area contributed by atoms with Crippen LogP contribution in [-0.2, 0) is 4.74 Å². The summed E-state index contributed by atoms with van der Waals surface area (Å²) in [6.07, 6.45) is 4.34. The molecule has 0 atom stereocenters. The van der Waals surface area contributed by atoms with E-state index in [1.807, 2.05) is 36.4 Å². The summed E-state index contributed by atoms with van der Waals surface area (Å²) in [6, 6.07) is 23.0. The molecule has 218 valence electrons. The number of ether oxygens (including phenoxy) is 3. The standard InChI is InChI=1S/C32H33ClN4O5/c1-32(2,3)42-31(39)37(27-12-15-34-16-13-27)18-19-40-28-22-24(21-25(33)23-28)30(38)36(26-9-5-4-6-10-26)17-20-41-29-11-7-8-14-35-29/h4-16,21-23H,17-20H2,1-3H3. The average molecular weight is 589 g/mol. The van der Waals surface area contributed by atoms with Crippen LogP contribution in [0.25, 0.3) is 0 Å². The largest absolute Gasteiger partial charge is 0.492 e. The van der Waals surface area contributed by atoms with Crippen LogP contribution in [0.2, 0.25) is 5.02 Å². The Labute approximate surface area is 250 Å². The van der Waals surface area contributed by atoms with Crippen LogP contribution in [0.4, 0.5) is 16.2 Å². The number of nitrogens with zero attached hydrogens (tertiary/aromatic N) is 4. The molecular formula is C32H33ClN4O5. The van der Waals surface area contributed by atoms with Crippen LogP contribution in [0, 0.1) is 0 Å². The average Bonchev–Trinajstić information content (AvgIpc) is 2.97. The number of anilines is 2. The van der Waals surface area contributed by atoms with Crippen molar-refractivity contribution in [2.45, 2.75) is 26.4 Å². The second-order valence-corrected chi connectivity index (χ2v) is 10.6. The first-order chi connectivity index (χ1) is 20.2. The van der Waals surface area contributed by atoms with Crippen LogP contribution in [0.1, 0.15) is 31.1 Å². The third kappa shape index (κ3) is 8.94. The number of benzene rings is 2. The lowest BCUT2D eigenvalue weighted by molar-refractivity contribution is 0.0575. The van der Waals surface area contributed by atoms with E-state index in [9.17, 15) is 9.59 Å². The minimum Gasteiger partial charge on any atom is -0.492 e. The number of halogens is 1.